The van der Waals surface area contributed by atoms with Gasteiger partial charge in [0.2, 0.25) is 0 Å². The molecule has 98 valence electrons. The first-order chi connectivity index (χ1) is 9.11. The van der Waals surface area contributed by atoms with E-state index in [4.69, 9.17) is 5.73 Å². The van der Waals surface area contributed by atoms with E-state index in [0.717, 1.165) is 5.56 Å². The molecule has 1 heterocycles. The summed E-state index contributed by atoms with van der Waals surface area (Å²) in [5.74, 6) is -0.913. The topological polar surface area (TPSA) is 68.0 Å². The summed E-state index contributed by atoms with van der Waals surface area (Å²) >= 11 is 0. The number of anilines is 1. The second-order valence-electron chi connectivity index (χ2n) is 4.14. The Bertz CT molecular complexity index is 576. The van der Waals surface area contributed by atoms with Gasteiger partial charge in [0.1, 0.15) is 11.5 Å². The number of pyridine rings is 1. The molecule has 0 bridgehead atoms. The molecular formula is C14H14FN3O. The van der Waals surface area contributed by atoms with Crippen molar-refractivity contribution in [3.63, 3.8) is 0 Å². The maximum Gasteiger partial charge on any atom is 0.274 e. The summed E-state index contributed by atoms with van der Waals surface area (Å²) in [4.78, 5) is 15.9. The summed E-state index contributed by atoms with van der Waals surface area (Å²) in [6.07, 6.45) is 1.53. The average Bonchev–Trinajstić information content (AvgIpc) is 2.43. The van der Waals surface area contributed by atoms with Crippen molar-refractivity contribution < 1.29 is 9.18 Å². The van der Waals surface area contributed by atoms with E-state index >= 15 is 0 Å². The van der Waals surface area contributed by atoms with E-state index in [1.165, 1.54) is 12.3 Å². The molecule has 0 spiro atoms. The monoisotopic (exact) mass is 259 g/mol. The van der Waals surface area contributed by atoms with Gasteiger partial charge in [0.25, 0.3) is 5.91 Å². The van der Waals surface area contributed by atoms with E-state index in [9.17, 15) is 9.18 Å². The van der Waals surface area contributed by atoms with Crippen LogP contribution >= 0.6 is 0 Å². The van der Waals surface area contributed by atoms with Gasteiger partial charge in [-0.25, -0.2) is 4.39 Å². The Morgan fingerprint density at radius 2 is 2.16 bits per heavy atom. The number of halogens is 1. The van der Waals surface area contributed by atoms with Crippen LogP contribution in [0.5, 0.6) is 0 Å². The number of carbonyl (C=O) groups is 1. The van der Waals surface area contributed by atoms with Crippen molar-refractivity contribution in [1.82, 2.24) is 4.98 Å². The Labute approximate surface area is 110 Å². The van der Waals surface area contributed by atoms with Gasteiger partial charge in [-0.1, -0.05) is 18.2 Å². The lowest BCUT2D eigenvalue weighted by Gasteiger charge is -2.09. The number of nitrogens with one attached hydrogen (secondary N) is 1. The lowest BCUT2D eigenvalue weighted by molar-refractivity contribution is 0.102. The van der Waals surface area contributed by atoms with Crippen molar-refractivity contribution in [2.75, 3.05) is 5.32 Å². The SMILES string of the molecule is Cc1cccc(F)c1NC(=O)c1ccc(CN)cn1. The van der Waals surface area contributed by atoms with Gasteiger partial charge >= 0.3 is 0 Å². The molecule has 2 rings (SSSR count). The van der Waals surface area contributed by atoms with Crippen molar-refractivity contribution in [3.8, 4) is 0 Å². The molecule has 0 radical (unpaired) electrons. The third-order valence-electron chi connectivity index (χ3n) is 2.75. The van der Waals surface area contributed by atoms with Crippen molar-refractivity contribution in [2.24, 2.45) is 5.73 Å². The summed E-state index contributed by atoms with van der Waals surface area (Å²) in [5.41, 5.74) is 7.34. The van der Waals surface area contributed by atoms with E-state index in [1.54, 1.807) is 31.2 Å². The van der Waals surface area contributed by atoms with Gasteiger partial charge in [0.15, 0.2) is 0 Å². The second-order valence-corrected chi connectivity index (χ2v) is 4.14. The van der Waals surface area contributed by atoms with Gasteiger partial charge in [-0.2, -0.15) is 0 Å². The van der Waals surface area contributed by atoms with Crippen molar-refractivity contribution in [1.29, 1.82) is 0 Å². The first-order valence-corrected chi connectivity index (χ1v) is 5.83. The fourth-order valence-corrected chi connectivity index (χ4v) is 1.65. The van der Waals surface area contributed by atoms with Crippen LogP contribution in [-0.4, -0.2) is 10.9 Å². The van der Waals surface area contributed by atoms with Crippen molar-refractivity contribution in [2.45, 2.75) is 13.5 Å². The third-order valence-corrected chi connectivity index (χ3v) is 2.75. The molecule has 1 aromatic heterocycles. The summed E-state index contributed by atoms with van der Waals surface area (Å²) in [6.45, 7) is 2.09. The third kappa shape index (κ3) is 2.95. The first kappa shape index (κ1) is 13.2. The number of amides is 1. The van der Waals surface area contributed by atoms with Crippen LogP contribution in [0.1, 0.15) is 21.6 Å². The molecular weight excluding hydrogens is 245 g/mol. The molecule has 5 heteroatoms. The molecule has 3 N–H and O–H groups in total. The van der Waals surface area contributed by atoms with Crippen LogP contribution in [-0.2, 0) is 6.54 Å². The van der Waals surface area contributed by atoms with Gasteiger partial charge in [-0.3, -0.25) is 9.78 Å². The fraction of sp³-hybridized carbons (Fsp3) is 0.143. The zero-order chi connectivity index (χ0) is 13.8. The number of hydrogen-bond acceptors (Lipinski definition) is 3. The summed E-state index contributed by atoms with van der Waals surface area (Å²) in [5, 5.41) is 2.52. The summed E-state index contributed by atoms with van der Waals surface area (Å²) in [7, 11) is 0. The fourth-order valence-electron chi connectivity index (χ4n) is 1.65. The number of aryl methyl sites for hydroxylation is 1. The maximum absolute atomic E-state index is 13.6. The van der Waals surface area contributed by atoms with Gasteiger partial charge in [0.05, 0.1) is 5.69 Å². The second kappa shape index (κ2) is 5.58. The predicted molar refractivity (Wildman–Crippen MR) is 71.2 cm³/mol. The number of benzene rings is 1. The number of aromatic nitrogens is 1. The minimum absolute atomic E-state index is 0.178. The number of hydrogen-bond donors (Lipinski definition) is 2. The zero-order valence-corrected chi connectivity index (χ0v) is 10.5. The van der Waals surface area contributed by atoms with Crippen LogP contribution in [0.15, 0.2) is 36.5 Å². The maximum atomic E-state index is 13.6. The minimum atomic E-state index is -0.466. The molecule has 0 saturated heterocycles. The Kier molecular flexibility index (Phi) is 3.87. The molecule has 0 aliphatic rings. The van der Waals surface area contributed by atoms with Crippen LogP contribution in [0.4, 0.5) is 10.1 Å². The van der Waals surface area contributed by atoms with E-state index < -0.39 is 11.7 Å². The van der Waals surface area contributed by atoms with Crippen LogP contribution in [0.3, 0.4) is 0 Å². The number of nitrogens with zero attached hydrogens (tertiary/aromatic N) is 1. The lowest BCUT2D eigenvalue weighted by Crippen LogP contribution is -2.15. The van der Waals surface area contributed by atoms with Gasteiger partial charge < -0.3 is 11.1 Å². The quantitative estimate of drug-likeness (QED) is 0.888. The zero-order valence-electron chi connectivity index (χ0n) is 10.5. The molecule has 1 amide bonds. The Morgan fingerprint density at radius 1 is 1.37 bits per heavy atom. The minimum Gasteiger partial charge on any atom is -0.326 e. The largest absolute Gasteiger partial charge is 0.326 e. The highest BCUT2D eigenvalue weighted by Crippen LogP contribution is 2.19. The molecule has 0 saturated carbocycles. The van der Waals surface area contributed by atoms with Gasteiger partial charge in [-0.05, 0) is 30.2 Å². The predicted octanol–water partition coefficient (Wildman–Crippen LogP) is 2.24. The highest BCUT2D eigenvalue weighted by Gasteiger charge is 2.12. The Hall–Kier alpha value is -2.27. The number of nitrogens with two attached hydrogens (primary N) is 1. The van der Waals surface area contributed by atoms with Gasteiger partial charge in [0, 0.05) is 12.7 Å². The number of rotatable bonds is 3. The molecule has 0 fully saturated rings. The first-order valence-electron chi connectivity index (χ1n) is 5.83. The van der Waals surface area contributed by atoms with Crippen LogP contribution < -0.4 is 11.1 Å². The molecule has 0 aliphatic carbocycles. The molecule has 0 aliphatic heterocycles. The van der Waals surface area contributed by atoms with Crippen LogP contribution in [0, 0.1) is 12.7 Å². The van der Waals surface area contributed by atoms with Crippen LogP contribution in [0.2, 0.25) is 0 Å². The standard InChI is InChI=1S/C14H14FN3O/c1-9-3-2-4-11(15)13(9)18-14(19)12-6-5-10(7-16)8-17-12/h2-6,8H,7,16H2,1H3,(H,18,19). The van der Waals surface area contributed by atoms with E-state index in [0.29, 0.717) is 12.1 Å². The Balaban J connectivity index is 2.20. The number of para-hydroxylation sites is 1. The van der Waals surface area contributed by atoms with E-state index in [2.05, 4.69) is 10.3 Å². The van der Waals surface area contributed by atoms with Gasteiger partial charge in [-0.15, -0.1) is 0 Å². The van der Waals surface area contributed by atoms with Crippen LogP contribution in [0.25, 0.3) is 0 Å². The Morgan fingerprint density at radius 3 is 2.74 bits per heavy atom. The van der Waals surface area contributed by atoms with Crippen molar-refractivity contribution in [3.05, 3.63) is 59.2 Å². The summed E-state index contributed by atoms with van der Waals surface area (Å²) < 4.78 is 13.6. The number of carbonyl (C=O) groups excluding carboxylic acids is 1. The van der Waals surface area contributed by atoms with E-state index in [1.807, 2.05) is 0 Å². The highest BCUT2D eigenvalue weighted by atomic mass is 19.1. The van der Waals surface area contributed by atoms with E-state index in [-0.39, 0.29) is 11.4 Å². The molecule has 0 atom stereocenters. The highest BCUT2D eigenvalue weighted by molar-refractivity contribution is 6.03. The lowest BCUT2D eigenvalue weighted by atomic mass is 10.2. The molecule has 0 unspecified atom stereocenters. The normalized spacial score (nSPS) is 10.3. The molecule has 1 aromatic carbocycles. The van der Waals surface area contributed by atoms with Crippen molar-refractivity contribution >= 4 is 11.6 Å². The average molecular weight is 259 g/mol. The smallest absolute Gasteiger partial charge is 0.274 e. The summed E-state index contributed by atoms with van der Waals surface area (Å²) in [6, 6.07) is 7.90. The molecule has 2 aromatic rings. The molecule has 19 heavy (non-hydrogen) atoms. The molecule has 4 nitrogen and oxygen atoms in total.